The smallest absolute Gasteiger partial charge is 0.333 e. The van der Waals surface area contributed by atoms with Gasteiger partial charge in [0.15, 0.2) is 5.75 Å². The Balaban J connectivity index is 2.30. The predicted molar refractivity (Wildman–Crippen MR) is 79.9 cm³/mol. The van der Waals surface area contributed by atoms with Gasteiger partial charge in [-0.3, -0.25) is 10.1 Å². The van der Waals surface area contributed by atoms with Crippen molar-refractivity contribution in [1.29, 1.82) is 0 Å². The molecule has 114 valence electrons. The first-order valence-electron chi connectivity index (χ1n) is 7.17. The van der Waals surface area contributed by atoms with Gasteiger partial charge in [0.1, 0.15) is 12.0 Å². The molecule has 1 heterocycles. The van der Waals surface area contributed by atoms with Gasteiger partial charge < -0.3 is 14.4 Å². The summed E-state index contributed by atoms with van der Waals surface area (Å²) in [5, 5.41) is 11.4. The predicted octanol–water partition coefficient (Wildman–Crippen LogP) is 2.80. The first-order valence-corrected chi connectivity index (χ1v) is 7.17. The Bertz CT molecular complexity index is 522. The first-order chi connectivity index (χ1) is 10.0. The van der Waals surface area contributed by atoms with Crippen molar-refractivity contribution in [3.63, 3.8) is 0 Å². The molecule has 0 bridgehead atoms. The zero-order chi connectivity index (χ0) is 15.4. The van der Waals surface area contributed by atoms with E-state index >= 15 is 0 Å². The molecule has 2 rings (SSSR count). The lowest BCUT2D eigenvalue weighted by Crippen LogP contribution is -2.34. The molecule has 0 atom stereocenters. The lowest BCUT2D eigenvalue weighted by molar-refractivity contribution is -0.385. The highest BCUT2D eigenvalue weighted by Crippen LogP contribution is 2.38. The van der Waals surface area contributed by atoms with E-state index in [1.54, 1.807) is 18.2 Å². The quantitative estimate of drug-likeness (QED) is 0.474. The van der Waals surface area contributed by atoms with Gasteiger partial charge >= 0.3 is 5.69 Å². The maximum atomic E-state index is 11.4. The second-order valence-corrected chi connectivity index (χ2v) is 5.51. The van der Waals surface area contributed by atoms with Crippen LogP contribution in [0.15, 0.2) is 18.2 Å². The van der Waals surface area contributed by atoms with E-state index in [-0.39, 0.29) is 17.7 Å². The van der Waals surface area contributed by atoms with Crippen molar-refractivity contribution in [3.05, 3.63) is 28.3 Å². The highest BCUT2D eigenvalue weighted by atomic mass is 16.6. The molecule has 6 heteroatoms. The monoisotopic (exact) mass is 292 g/mol. The number of carbonyl (C=O) groups is 1. The summed E-state index contributed by atoms with van der Waals surface area (Å²) in [5.41, 5.74) is 0.582. The van der Waals surface area contributed by atoms with Crippen LogP contribution in [0.5, 0.6) is 5.75 Å². The van der Waals surface area contributed by atoms with E-state index in [0.717, 1.165) is 19.1 Å². The third-order valence-electron chi connectivity index (χ3n) is 3.60. The molecule has 0 spiro atoms. The second kappa shape index (κ2) is 6.56. The number of nitro benzene ring substituents is 1. The molecule has 1 aliphatic heterocycles. The Morgan fingerprint density at radius 3 is 2.57 bits per heavy atom. The Morgan fingerprint density at radius 2 is 2.05 bits per heavy atom. The topological polar surface area (TPSA) is 72.7 Å². The number of nitrogens with zero attached hydrogens (tertiary/aromatic N) is 2. The molecule has 1 aliphatic rings. The van der Waals surface area contributed by atoms with Gasteiger partial charge in [0.2, 0.25) is 0 Å². The van der Waals surface area contributed by atoms with Crippen LogP contribution in [-0.2, 0) is 4.79 Å². The molecule has 0 aliphatic carbocycles. The fraction of sp³-hybridized carbons (Fsp3) is 0.533. The lowest BCUT2D eigenvalue weighted by atomic mass is 9.98. The molecular weight excluding hydrogens is 272 g/mol. The molecule has 1 aromatic carbocycles. The SMILES string of the molecule is CC(C)Oc1cccc(N2CCC(C=O)CC2)c1[N+](=O)[O-]. The highest BCUT2D eigenvalue weighted by Gasteiger charge is 2.28. The van der Waals surface area contributed by atoms with Gasteiger partial charge in [0.05, 0.1) is 11.0 Å². The van der Waals surface area contributed by atoms with E-state index in [0.29, 0.717) is 24.5 Å². The summed E-state index contributed by atoms with van der Waals surface area (Å²) >= 11 is 0. The zero-order valence-corrected chi connectivity index (χ0v) is 12.3. The summed E-state index contributed by atoms with van der Waals surface area (Å²) in [6, 6.07) is 5.14. The molecule has 1 fully saturated rings. The molecule has 0 amide bonds. The van der Waals surface area contributed by atoms with Crippen LogP contribution in [-0.4, -0.2) is 30.4 Å². The van der Waals surface area contributed by atoms with E-state index in [1.165, 1.54) is 0 Å². The van der Waals surface area contributed by atoms with Gasteiger partial charge in [-0.25, -0.2) is 0 Å². The fourth-order valence-electron chi connectivity index (χ4n) is 2.57. The number of hydrogen-bond acceptors (Lipinski definition) is 5. The average Bonchev–Trinajstić information content (AvgIpc) is 2.46. The third kappa shape index (κ3) is 3.51. The maximum absolute atomic E-state index is 11.4. The zero-order valence-electron chi connectivity index (χ0n) is 12.3. The molecule has 0 radical (unpaired) electrons. The molecule has 6 nitrogen and oxygen atoms in total. The molecule has 0 unspecified atom stereocenters. The number of hydrogen-bond donors (Lipinski definition) is 0. The Hall–Kier alpha value is -2.11. The summed E-state index contributed by atoms with van der Waals surface area (Å²) in [7, 11) is 0. The number of carbonyl (C=O) groups excluding carboxylic acids is 1. The molecule has 1 aromatic rings. The van der Waals surface area contributed by atoms with Crippen molar-refractivity contribution in [2.45, 2.75) is 32.8 Å². The van der Waals surface area contributed by atoms with Crippen molar-refractivity contribution >= 4 is 17.7 Å². The fourth-order valence-corrected chi connectivity index (χ4v) is 2.57. The molecule has 0 saturated carbocycles. The largest absolute Gasteiger partial charge is 0.484 e. The van der Waals surface area contributed by atoms with Gasteiger partial charge in [0, 0.05) is 19.0 Å². The minimum Gasteiger partial charge on any atom is -0.484 e. The lowest BCUT2D eigenvalue weighted by Gasteiger charge is -2.31. The van der Waals surface area contributed by atoms with E-state index in [2.05, 4.69) is 0 Å². The number of rotatable bonds is 5. The van der Waals surface area contributed by atoms with Crippen LogP contribution < -0.4 is 9.64 Å². The summed E-state index contributed by atoms with van der Waals surface area (Å²) in [6.07, 6.45) is 2.32. The van der Waals surface area contributed by atoms with Crippen LogP contribution in [0.25, 0.3) is 0 Å². The maximum Gasteiger partial charge on any atom is 0.333 e. The van der Waals surface area contributed by atoms with Crippen LogP contribution in [0.3, 0.4) is 0 Å². The van der Waals surface area contributed by atoms with Crippen molar-refractivity contribution in [3.8, 4) is 5.75 Å². The Kier molecular flexibility index (Phi) is 4.77. The Morgan fingerprint density at radius 1 is 1.38 bits per heavy atom. The Labute approximate surface area is 123 Å². The summed E-state index contributed by atoms with van der Waals surface area (Å²) < 4.78 is 5.56. The van der Waals surface area contributed by atoms with Gasteiger partial charge in [-0.15, -0.1) is 0 Å². The van der Waals surface area contributed by atoms with Crippen LogP contribution in [0, 0.1) is 16.0 Å². The van der Waals surface area contributed by atoms with Gasteiger partial charge in [-0.1, -0.05) is 6.07 Å². The van der Waals surface area contributed by atoms with E-state index in [4.69, 9.17) is 4.74 Å². The minimum absolute atomic E-state index is 0.00996. The first kappa shape index (κ1) is 15.3. The number of benzene rings is 1. The van der Waals surface area contributed by atoms with Crippen molar-refractivity contribution in [1.82, 2.24) is 0 Å². The van der Waals surface area contributed by atoms with Crippen molar-refractivity contribution in [2.24, 2.45) is 5.92 Å². The summed E-state index contributed by atoms with van der Waals surface area (Å²) in [4.78, 5) is 23.8. The third-order valence-corrected chi connectivity index (χ3v) is 3.60. The molecule has 21 heavy (non-hydrogen) atoms. The number of piperidine rings is 1. The van der Waals surface area contributed by atoms with Gasteiger partial charge in [0.25, 0.3) is 0 Å². The number of ether oxygens (including phenoxy) is 1. The second-order valence-electron chi connectivity index (χ2n) is 5.51. The van der Waals surface area contributed by atoms with Crippen molar-refractivity contribution in [2.75, 3.05) is 18.0 Å². The molecule has 1 saturated heterocycles. The molecular formula is C15H20N2O4. The van der Waals surface area contributed by atoms with Crippen LogP contribution in [0.4, 0.5) is 11.4 Å². The van der Waals surface area contributed by atoms with Crippen LogP contribution in [0.2, 0.25) is 0 Å². The number of para-hydroxylation sites is 1. The summed E-state index contributed by atoms with van der Waals surface area (Å²) in [6.45, 7) is 4.97. The highest BCUT2D eigenvalue weighted by molar-refractivity contribution is 5.70. The van der Waals surface area contributed by atoms with Crippen LogP contribution >= 0.6 is 0 Å². The van der Waals surface area contributed by atoms with Gasteiger partial charge in [-0.2, -0.15) is 0 Å². The van der Waals surface area contributed by atoms with Crippen molar-refractivity contribution < 1.29 is 14.5 Å². The average molecular weight is 292 g/mol. The van der Waals surface area contributed by atoms with E-state index in [9.17, 15) is 14.9 Å². The standard InChI is InChI=1S/C15H20N2O4/c1-11(2)21-14-5-3-4-13(15(14)17(19)20)16-8-6-12(10-18)7-9-16/h3-5,10-12H,6-9H2,1-2H3. The van der Waals surface area contributed by atoms with E-state index < -0.39 is 4.92 Å². The minimum atomic E-state index is -0.390. The van der Waals surface area contributed by atoms with Gasteiger partial charge in [-0.05, 0) is 38.8 Å². The number of nitro groups is 1. The van der Waals surface area contributed by atoms with E-state index in [1.807, 2.05) is 18.7 Å². The molecule has 0 aromatic heterocycles. The normalized spacial score (nSPS) is 16.0. The number of anilines is 1. The molecule has 0 N–H and O–H groups in total. The van der Waals surface area contributed by atoms with Crippen LogP contribution in [0.1, 0.15) is 26.7 Å². The summed E-state index contributed by atoms with van der Waals surface area (Å²) in [5.74, 6) is 0.361. The number of aldehydes is 1.